The number of carbonyl (C=O) groups excluding carboxylic acids is 1. The SMILES string of the molecule is C#CCCC1(CCC(=O)N2CCC(C(=O)O)C2)N=N1. The van der Waals surface area contributed by atoms with Crippen molar-refractivity contribution < 1.29 is 14.7 Å². The van der Waals surface area contributed by atoms with E-state index >= 15 is 0 Å². The zero-order chi connectivity index (χ0) is 13.9. The number of hydrogen-bond donors (Lipinski definition) is 1. The predicted octanol–water partition coefficient (Wildman–Crippen LogP) is 1.28. The highest BCUT2D eigenvalue weighted by molar-refractivity contribution is 5.78. The second kappa shape index (κ2) is 5.39. The fourth-order valence-corrected chi connectivity index (χ4v) is 2.32. The Morgan fingerprint density at radius 2 is 2.16 bits per heavy atom. The molecule has 2 aliphatic rings. The van der Waals surface area contributed by atoms with E-state index in [-0.39, 0.29) is 5.91 Å². The first-order chi connectivity index (χ1) is 9.06. The summed E-state index contributed by atoms with van der Waals surface area (Å²) >= 11 is 0. The zero-order valence-electron chi connectivity index (χ0n) is 10.7. The predicted molar refractivity (Wildman–Crippen MR) is 67.2 cm³/mol. The lowest BCUT2D eigenvalue weighted by Crippen LogP contribution is -2.30. The molecule has 0 aromatic heterocycles. The second-order valence-electron chi connectivity index (χ2n) is 5.05. The molecule has 0 aliphatic carbocycles. The van der Waals surface area contributed by atoms with Crippen molar-refractivity contribution in [2.75, 3.05) is 13.1 Å². The molecule has 6 nitrogen and oxygen atoms in total. The molecule has 0 aromatic rings. The Balaban J connectivity index is 1.74. The molecule has 0 radical (unpaired) electrons. The summed E-state index contributed by atoms with van der Waals surface area (Å²) in [7, 11) is 0. The van der Waals surface area contributed by atoms with Gasteiger partial charge in [-0.15, -0.1) is 12.3 Å². The molecule has 2 heterocycles. The first-order valence-electron chi connectivity index (χ1n) is 6.44. The minimum atomic E-state index is -0.826. The van der Waals surface area contributed by atoms with Crippen LogP contribution in [0.3, 0.4) is 0 Å². The van der Waals surface area contributed by atoms with Gasteiger partial charge in [-0.3, -0.25) is 9.59 Å². The van der Waals surface area contributed by atoms with Gasteiger partial charge in [0.25, 0.3) is 0 Å². The van der Waals surface area contributed by atoms with Gasteiger partial charge >= 0.3 is 5.97 Å². The highest BCUT2D eigenvalue weighted by Gasteiger charge is 2.40. The number of nitrogens with zero attached hydrogens (tertiary/aromatic N) is 3. The van der Waals surface area contributed by atoms with Crippen molar-refractivity contribution in [3.63, 3.8) is 0 Å². The van der Waals surface area contributed by atoms with E-state index < -0.39 is 17.6 Å². The van der Waals surface area contributed by atoms with Crippen LogP contribution in [0.15, 0.2) is 10.2 Å². The fraction of sp³-hybridized carbons (Fsp3) is 0.692. The number of carboxylic acids is 1. The number of carbonyl (C=O) groups is 2. The third-order valence-electron chi connectivity index (χ3n) is 3.68. The van der Waals surface area contributed by atoms with Gasteiger partial charge in [0.05, 0.1) is 5.92 Å². The molecule has 1 atom stereocenters. The third-order valence-corrected chi connectivity index (χ3v) is 3.68. The van der Waals surface area contributed by atoms with Gasteiger partial charge in [-0.2, -0.15) is 10.2 Å². The van der Waals surface area contributed by atoms with Crippen LogP contribution in [0, 0.1) is 18.3 Å². The summed E-state index contributed by atoms with van der Waals surface area (Å²) in [6.45, 7) is 0.848. The van der Waals surface area contributed by atoms with Gasteiger partial charge in [0.15, 0.2) is 5.66 Å². The van der Waals surface area contributed by atoms with Gasteiger partial charge in [-0.25, -0.2) is 0 Å². The molecule has 0 spiro atoms. The molecular weight excluding hydrogens is 246 g/mol. The summed E-state index contributed by atoms with van der Waals surface area (Å²) in [6, 6.07) is 0. The minimum absolute atomic E-state index is 0.0128. The topological polar surface area (TPSA) is 82.3 Å². The molecule has 0 saturated carbocycles. The molecular formula is C13H17N3O3. The van der Waals surface area contributed by atoms with Crippen LogP contribution in [-0.4, -0.2) is 40.6 Å². The minimum Gasteiger partial charge on any atom is -0.481 e. The van der Waals surface area contributed by atoms with Crippen LogP contribution in [0.25, 0.3) is 0 Å². The molecule has 0 aromatic carbocycles. The van der Waals surface area contributed by atoms with Crippen LogP contribution in [-0.2, 0) is 9.59 Å². The molecule has 1 fully saturated rings. The molecule has 1 saturated heterocycles. The summed E-state index contributed by atoms with van der Waals surface area (Å²) in [6.07, 6.45) is 7.95. The van der Waals surface area contributed by atoms with E-state index in [2.05, 4.69) is 16.1 Å². The number of likely N-dealkylation sites (tertiary alicyclic amines) is 1. The summed E-state index contributed by atoms with van der Waals surface area (Å²) in [5, 5.41) is 16.8. The maximum absolute atomic E-state index is 12.0. The Hall–Kier alpha value is -1.90. The standard InChI is InChI=1S/C13H17N3O3/c1-2-3-6-13(14-15-13)7-4-11(17)16-8-5-10(9-16)12(18)19/h1,10H,3-9H2,(H,18,19). The Morgan fingerprint density at radius 3 is 2.68 bits per heavy atom. The number of amides is 1. The second-order valence-corrected chi connectivity index (χ2v) is 5.05. The van der Waals surface area contributed by atoms with E-state index in [1.54, 1.807) is 4.90 Å². The van der Waals surface area contributed by atoms with Gasteiger partial charge in [0, 0.05) is 38.8 Å². The van der Waals surface area contributed by atoms with Crippen molar-refractivity contribution in [2.24, 2.45) is 16.1 Å². The van der Waals surface area contributed by atoms with Crippen molar-refractivity contribution in [3.05, 3.63) is 0 Å². The summed E-state index contributed by atoms with van der Waals surface area (Å²) < 4.78 is 0. The van der Waals surface area contributed by atoms with Gasteiger partial charge in [-0.1, -0.05) is 0 Å². The van der Waals surface area contributed by atoms with E-state index in [9.17, 15) is 9.59 Å². The van der Waals surface area contributed by atoms with Crippen LogP contribution in [0.2, 0.25) is 0 Å². The van der Waals surface area contributed by atoms with E-state index in [0.717, 1.165) is 0 Å². The Bertz CT molecular complexity index is 447. The number of terminal acetylenes is 1. The lowest BCUT2D eigenvalue weighted by atomic mass is 10.0. The van der Waals surface area contributed by atoms with Crippen LogP contribution in [0.1, 0.15) is 32.1 Å². The maximum Gasteiger partial charge on any atom is 0.308 e. The zero-order valence-corrected chi connectivity index (χ0v) is 10.7. The third kappa shape index (κ3) is 3.31. The fourth-order valence-electron chi connectivity index (χ4n) is 2.32. The highest BCUT2D eigenvalue weighted by Crippen LogP contribution is 2.37. The molecule has 6 heteroatoms. The molecule has 1 amide bonds. The Kier molecular flexibility index (Phi) is 3.84. The van der Waals surface area contributed by atoms with Crippen molar-refractivity contribution in [3.8, 4) is 12.3 Å². The lowest BCUT2D eigenvalue weighted by molar-refractivity contribution is -0.141. The number of aliphatic carboxylic acids is 1. The lowest BCUT2D eigenvalue weighted by Gasteiger charge is -2.16. The number of carboxylic acid groups (broad SMARTS) is 1. The summed E-state index contributed by atoms with van der Waals surface area (Å²) in [5.74, 6) is 1.28. The van der Waals surface area contributed by atoms with Crippen LogP contribution in [0.4, 0.5) is 0 Å². The van der Waals surface area contributed by atoms with E-state index in [0.29, 0.717) is 45.2 Å². The van der Waals surface area contributed by atoms with Crippen LogP contribution in [0.5, 0.6) is 0 Å². The number of rotatable bonds is 6. The maximum atomic E-state index is 12.0. The van der Waals surface area contributed by atoms with Crippen molar-refractivity contribution in [1.29, 1.82) is 0 Å². The Labute approximate surface area is 111 Å². The molecule has 102 valence electrons. The molecule has 1 N–H and O–H groups in total. The molecule has 2 rings (SSSR count). The molecule has 1 unspecified atom stereocenters. The van der Waals surface area contributed by atoms with Crippen molar-refractivity contribution >= 4 is 11.9 Å². The monoisotopic (exact) mass is 263 g/mol. The van der Waals surface area contributed by atoms with Gasteiger partial charge in [0.2, 0.25) is 5.91 Å². The van der Waals surface area contributed by atoms with Crippen molar-refractivity contribution in [2.45, 2.75) is 37.8 Å². The smallest absolute Gasteiger partial charge is 0.308 e. The van der Waals surface area contributed by atoms with Crippen LogP contribution >= 0.6 is 0 Å². The van der Waals surface area contributed by atoms with E-state index in [4.69, 9.17) is 11.5 Å². The highest BCUT2D eigenvalue weighted by atomic mass is 16.4. The largest absolute Gasteiger partial charge is 0.481 e. The molecule has 0 bridgehead atoms. The summed E-state index contributed by atoms with van der Waals surface area (Å²) in [5.41, 5.74) is -0.437. The Morgan fingerprint density at radius 1 is 1.42 bits per heavy atom. The van der Waals surface area contributed by atoms with E-state index in [1.165, 1.54) is 0 Å². The van der Waals surface area contributed by atoms with Gasteiger partial charge in [-0.05, 0) is 6.42 Å². The average Bonchev–Trinajstić information content (AvgIpc) is 2.97. The molecule has 2 aliphatic heterocycles. The number of hydrogen-bond acceptors (Lipinski definition) is 4. The van der Waals surface area contributed by atoms with E-state index in [1.807, 2.05) is 0 Å². The van der Waals surface area contributed by atoms with Crippen LogP contribution < -0.4 is 0 Å². The normalized spacial score (nSPS) is 23.1. The first kappa shape index (κ1) is 13.5. The van der Waals surface area contributed by atoms with Gasteiger partial charge < -0.3 is 10.0 Å². The average molecular weight is 263 g/mol. The van der Waals surface area contributed by atoms with Crippen molar-refractivity contribution in [1.82, 2.24) is 4.90 Å². The quantitative estimate of drug-likeness (QED) is 0.733. The van der Waals surface area contributed by atoms with Gasteiger partial charge in [0.1, 0.15) is 0 Å². The summed E-state index contributed by atoms with van der Waals surface area (Å²) in [4.78, 5) is 24.4. The molecule has 19 heavy (non-hydrogen) atoms. The first-order valence-corrected chi connectivity index (χ1v) is 6.44.